The maximum absolute atomic E-state index is 12.7. The monoisotopic (exact) mass is 619 g/mol. The van der Waals surface area contributed by atoms with Crippen molar-refractivity contribution in [3.63, 3.8) is 0 Å². The van der Waals surface area contributed by atoms with Crippen LogP contribution in [0.4, 0.5) is 0 Å². The van der Waals surface area contributed by atoms with Gasteiger partial charge in [0, 0.05) is 6.42 Å². The summed E-state index contributed by atoms with van der Waals surface area (Å²) < 4.78 is 11.0. The Balaban J connectivity index is 2.55. The zero-order valence-corrected chi connectivity index (χ0v) is 27.1. The van der Waals surface area contributed by atoms with Crippen LogP contribution in [0, 0.1) is 0 Å². The molecule has 0 aromatic carbocycles. The van der Waals surface area contributed by atoms with Crippen molar-refractivity contribution in [2.75, 3.05) is 13.2 Å². The van der Waals surface area contributed by atoms with E-state index in [1.165, 1.54) is 64.2 Å². The second-order valence-electron chi connectivity index (χ2n) is 12.5. The maximum Gasteiger partial charge on any atom is 0.220 e. The predicted octanol–water partition coefficient (Wildman–Crippen LogP) is 3.85. The molecule has 8 atom stereocenters. The van der Waals surface area contributed by atoms with Crippen molar-refractivity contribution in [3.8, 4) is 0 Å². The number of carbonyl (C=O) groups is 1. The molecule has 0 bridgehead atoms. The Labute approximate surface area is 260 Å². The Morgan fingerprint density at radius 1 is 0.721 bits per heavy atom. The zero-order valence-electron chi connectivity index (χ0n) is 27.1. The average molecular weight is 620 g/mol. The van der Waals surface area contributed by atoms with Crippen molar-refractivity contribution in [2.24, 2.45) is 0 Å². The SMILES string of the molecule is CCCCCCCCCCCCC[C@@H](O)[C@@H](O)[C@H](CO[C@@H]1O[C@H](CO)[C@@H](O)C(O)C1O)NC(=O)CCCCCCCCC. The summed E-state index contributed by atoms with van der Waals surface area (Å²) in [5, 5.41) is 64.4. The lowest BCUT2D eigenvalue weighted by atomic mass is 9.98. The second-order valence-corrected chi connectivity index (χ2v) is 12.5. The van der Waals surface area contributed by atoms with Gasteiger partial charge in [-0.2, -0.15) is 0 Å². The first-order valence-electron chi connectivity index (χ1n) is 17.3. The minimum Gasteiger partial charge on any atom is -0.394 e. The van der Waals surface area contributed by atoms with Gasteiger partial charge in [-0.25, -0.2) is 0 Å². The lowest BCUT2D eigenvalue weighted by Crippen LogP contribution is -2.60. The largest absolute Gasteiger partial charge is 0.394 e. The van der Waals surface area contributed by atoms with Crippen LogP contribution in [-0.2, 0) is 14.3 Å². The van der Waals surface area contributed by atoms with Gasteiger partial charge in [0.05, 0.1) is 25.4 Å². The van der Waals surface area contributed by atoms with Gasteiger partial charge in [0.25, 0.3) is 0 Å². The Hall–Kier alpha value is -0.850. The molecule has 10 heteroatoms. The van der Waals surface area contributed by atoms with Gasteiger partial charge >= 0.3 is 0 Å². The van der Waals surface area contributed by atoms with Crippen LogP contribution in [0.3, 0.4) is 0 Å². The predicted molar refractivity (Wildman–Crippen MR) is 167 cm³/mol. The number of aliphatic hydroxyl groups is 6. The fourth-order valence-corrected chi connectivity index (χ4v) is 5.61. The summed E-state index contributed by atoms with van der Waals surface area (Å²) in [6, 6.07) is -0.980. The summed E-state index contributed by atoms with van der Waals surface area (Å²) in [6.45, 7) is 3.50. The summed E-state index contributed by atoms with van der Waals surface area (Å²) in [6.07, 6.45) is 11.4. The highest BCUT2D eigenvalue weighted by Gasteiger charge is 2.44. The van der Waals surface area contributed by atoms with Crippen molar-refractivity contribution in [1.82, 2.24) is 5.32 Å². The summed E-state index contributed by atoms with van der Waals surface area (Å²) >= 11 is 0. The third kappa shape index (κ3) is 17.4. The minimum atomic E-state index is -1.60. The molecular formula is C33H65NO9. The van der Waals surface area contributed by atoms with Gasteiger partial charge < -0.3 is 45.4 Å². The number of nitrogens with one attached hydrogen (secondary N) is 1. The minimum absolute atomic E-state index is 0.267. The van der Waals surface area contributed by atoms with Gasteiger partial charge in [0.2, 0.25) is 5.91 Å². The highest BCUT2D eigenvalue weighted by atomic mass is 16.7. The lowest BCUT2D eigenvalue weighted by Gasteiger charge is -2.40. The van der Waals surface area contributed by atoms with Crippen LogP contribution in [0.2, 0.25) is 0 Å². The van der Waals surface area contributed by atoms with Crippen molar-refractivity contribution >= 4 is 5.91 Å². The molecule has 1 aliphatic heterocycles. The molecular weight excluding hydrogens is 554 g/mol. The van der Waals surface area contributed by atoms with E-state index in [1.54, 1.807) is 0 Å². The highest BCUT2D eigenvalue weighted by molar-refractivity contribution is 5.76. The van der Waals surface area contributed by atoms with Gasteiger partial charge in [-0.1, -0.05) is 123 Å². The maximum atomic E-state index is 12.7. The van der Waals surface area contributed by atoms with E-state index in [-0.39, 0.29) is 18.9 Å². The van der Waals surface area contributed by atoms with Crippen molar-refractivity contribution in [2.45, 2.75) is 191 Å². The number of amides is 1. The molecule has 0 saturated carbocycles. The van der Waals surface area contributed by atoms with E-state index in [9.17, 15) is 35.4 Å². The second kappa shape index (κ2) is 25.4. The standard InChI is InChI=1S/C33H65NO9/c1-3-5-7-9-11-12-13-14-16-17-19-21-26(36)29(38)25(34-28(37)22-20-18-15-10-8-6-4-2)24-42-33-32(41)31(40)30(39)27(23-35)43-33/h25-27,29-33,35-36,38-41H,3-24H2,1-2H3,(H,34,37)/t25-,26+,27+,29-,30+,31?,32?,33+/m0/s1. The van der Waals surface area contributed by atoms with Crippen LogP contribution in [0.15, 0.2) is 0 Å². The van der Waals surface area contributed by atoms with E-state index in [2.05, 4.69) is 19.2 Å². The number of unbranched alkanes of at least 4 members (excludes halogenated alkanes) is 16. The molecule has 1 amide bonds. The molecule has 1 aliphatic rings. The smallest absolute Gasteiger partial charge is 0.220 e. The van der Waals surface area contributed by atoms with Gasteiger partial charge in [-0.15, -0.1) is 0 Å². The molecule has 1 heterocycles. The topological polar surface area (TPSA) is 169 Å². The molecule has 256 valence electrons. The number of hydrogen-bond donors (Lipinski definition) is 7. The fraction of sp³-hybridized carbons (Fsp3) is 0.970. The molecule has 0 aliphatic carbocycles. The van der Waals surface area contributed by atoms with E-state index in [1.807, 2.05) is 0 Å². The van der Waals surface area contributed by atoms with Gasteiger partial charge in [0.15, 0.2) is 6.29 Å². The van der Waals surface area contributed by atoms with E-state index in [0.717, 1.165) is 51.4 Å². The summed E-state index contributed by atoms with van der Waals surface area (Å²) in [7, 11) is 0. The Kier molecular flexibility index (Phi) is 23.7. The normalized spacial score (nSPS) is 24.5. The van der Waals surface area contributed by atoms with Crippen LogP contribution in [0.25, 0.3) is 0 Å². The van der Waals surface area contributed by atoms with E-state index < -0.39 is 55.6 Å². The van der Waals surface area contributed by atoms with Crippen LogP contribution in [-0.4, -0.2) is 98.7 Å². The van der Waals surface area contributed by atoms with E-state index >= 15 is 0 Å². The number of carbonyl (C=O) groups excluding carboxylic acids is 1. The number of ether oxygens (including phenoxy) is 2. The van der Waals surface area contributed by atoms with Crippen LogP contribution in [0.1, 0.15) is 142 Å². The fourth-order valence-electron chi connectivity index (χ4n) is 5.61. The summed E-state index contributed by atoms with van der Waals surface area (Å²) in [5.74, 6) is -0.267. The molecule has 7 N–H and O–H groups in total. The molecule has 10 nitrogen and oxygen atoms in total. The molecule has 1 saturated heterocycles. The van der Waals surface area contributed by atoms with Crippen LogP contribution >= 0.6 is 0 Å². The summed E-state index contributed by atoms with van der Waals surface area (Å²) in [5.41, 5.74) is 0. The van der Waals surface area contributed by atoms with E-state index in [0.29, 0.717) is 6.42 Å². The first kappa shape index (κ1) is 40.2. The van der Waals surface area contributed by atoms with Crippen molar-refractivity contribution < 1.29 is 44.9 Å². The highest BCUT2D eigenvalue weighted by Crippen LogP contribution is 2.23. The molecule has 2 unspecified atom stereocenters. The Morgan fingerprint density at radius 3 is 1.72 bits per heavy atom. The number of rotatable bonds is 27. The first-order valence-corrected chi connectivity index (χ1v) is 17.3. The summed E-state index contributed by atoms with van der Waals surface area (Å²) in [4.78, 5) is 12.7. The molecule has 1 fully saturated rings. The van der Waals surface area contributed by atoms with Crippen molar-refractivity contribution in [1.29, 1.82) is 0 Å². The number of aliphatic hydroxyl groups excluding tert-OH is 6. The van der Waals surface area contributed by atoms with Crippen LogP contribution in [0.5, 0.6) is 0 Å². The van der Waals surface area contributed by atoms with Crippen molar-refractivity contribution in [3.05, 3.63) is 0 Å². The third-order valence-corrected chi connectivity index (χ3v) is 8.55. The molecule has 0 radical (unpaired) electrons. The zero-order chi connectivity index (χ0) is 31.9. The molecule has 43 heavy (non-hydrogen) atoms. The first-order chi connectivity index (χ1) is 20.8. The lowest BCUT2D eigenvalue weighted by molar-refractivity contribution is -0.303. The quantitative estimate of drug-likeness (QED) is 0.0675. The van der Waals surface area contributed by atoms with Gasteiger partial charge in [-0.05, 0) is 12.8 Å². The van der Waals surface area contributed by atoms with Crippen LogP contribution < -0.4 is 5.32 Å². The Morgan fingerprint density at radius 2 is 1.21 bits per heavy atom. The molecule has 0 spiro atoms. The van der Waals surface area contributed by atoms with Gasteiger partial charge in [0.1, 0.15) is 30.5 Å². The molecule has 0 aromatic rings. The molecule has 0 aromatic heterocycles. The van der Waals surface area contributed by atoms with E-state index in [4.69, 9.17) is 9.47 Å². The Bertz CT molecular complexity index is 668. The van der Waals surface area contributed by atoms with Gasteiger partial charge in [-0.3, -0.25) is 4.79 Å². The third-order valence-electron chi connectivity index (χ3n) is 8.55. The molecule has 1 rings (SSSR count). The average Bonchev–Trinajstić information content (AvgIpc) is 3.00. The number of hydrogen-bond acceptors (Lipinski definition) is 9.